The van der Waals surface area contributed by atoms with Crippen LogP contribution in [0.2, 0.25) is 5.02 Å². The standard InChI is InChI=1S/C17H15ClN2O2/c18-12-5-3-6-13(11-12)19-17(22)14-7-1-2-8-15(14)20-10-4-9-16(20)21/h1-3,5-8,11H,4,9-10H2,(H,19,22). The van der Waals surface area contributed by atoms with Gasteiger partial charge in [0.15, 0.2) is 0 Å². The van der Waals surface area contributed by atoms with Crippen LogP contribution in [0.15, 0.2) is 48.5 Å². The van der Waals surface area contributed by atoms with E-state index < -0.39 is 0 Å². The average Bonchev–Trinajstić information content (AvgIpc) is 2.93. The van der Waals surface area contributed by atoms with E-state index in [9.17, 15) is 9.59 Å². The van der Waals surface area contributed by atoms with E-state index in [1.54, 1.807) is 47.4 Å². The molecule has 0 radical (unpaired) electrons. The quantitative estimate of drug-likeness (QED) is 0.938. The molecule has 1 saturated heterocycles. The van der Waals surface area contributed by atoms with Crippen molar-refractivity contribution < 1.29 is 9.59 Å². The predicted molar refractivity (Wildman–Crippen MR) is 87.4 cm³/mol. The summed E-state index contributed by atoms with van der Waals surface area (Å²) in [7, 11) is 0. The lowest BCUT2D eigenvalue weighted by Crippen LogP contribution is -2.27. The van der Waals surface area contributed by atoms with Crippen LogP contribution >= 0.6 is 11.6 Å². The van der Waals surface area contributed by atoms with Crippen LogP contribution in [0, 0.1) is 0 Å². The monoisotopic (exact) mass is 314 g/mol. The van der Waals surface area contributed by atoms with Gasteiger partial charge in [-0.05, 0) is 36.8 Å². The van der Waals surface area contributed by atoms with Crippen molar-refractivity contribution in [3.05, 3.63) is 59.1 Å². The van der Waals surface area contributed by atoms with Gasteiger partial charge in [-0.25, -0.2) is 0 Å². The van der Waals surface area contributed by atoms with Gasteiger partial charge in [0.2, 0.25) is 5.91 Å². The van der Waals surface area contributed by atoms with Crippen LogP contribution in [0.4, 0.5) is 11.4 Å². The first-order valence-electron chi connectivity index (χ1n) is 7.11. The first-order valence-corrected chi connectivity index (χ1v) is 7.49. The summed E-state index contributed by atoms with van der Waals surface area (Å²) in [5.74, 6) is -0.194. The molecule has 0 saturated carbocycles. The van der Waals surface area contributed by atoms with Crippen molar-refractivity contribution in [2.45, 2.75) is 12.8 Å². The molecule has 3 rings (SSSR count). The topological polar surface area (TPSA) is 49.4 Å². The Hall–Kier alpha value is -2.33. The third-order valence-corrected chi connectivity index (χ3v) is 3.83. The number of carbonyl (C=O) groups is 2. The number of hydrogen-bond acceptors (Lipinski definition) is 2. The Bertz CT molecular complexity index is 730. The predicted octanol–water partition coefficient (Wildman–Crippen LogP) is 3.72. The number of para-hydroxylation sites is 1. The van der Waals surface area contributed by atoms with E-state index >= 15 is 0 Å². The van der Waals surface area contributed by atoms with Crippen molar-refractivity contribution >= 4 is 34.8 Å². The van der Waals surface area contributed by atoms with Gasteiger partial charge in [-0.3, -0.25) is 9.59 Å². The zero-order chi connectivity index (χ0) is 15.5. The minimum atomic E-state index is -0.252. The first kappa shape index (κ1) is 14.6. The van der Waals surface area contributed by atoms with Crippen LogP contribution in [0.25, 0.3) is 0 Å². The minimum Gasteiger partial charge on any atom is -0.322 e. The maximum Gasteiger partial charge on any atom is 0.257 e. The van der Waals surface area contributed by atoms with Gasteiger partial charge in [-0.1, -0.05) is 29.8 Å². The second-order valence-electron chi connectivity index (χ2n) is 5.13. The fourth-order valence-corrected chi connectivity index (χ4v) is 2.76. The zero-order valence-electron chi connectivity index (χ0n) is 11.9. The molecule has 2 aromatic rings. The molecule has 0 aliphatic carbocycles. The molecule has 1 aliphatic rings. The van der Waals surface area contributed by atoms with E-state index in [1.165, 1.54) is 0 Å². The van der Waals surface area contributed by atoms with E-state index in [0.29, 0.717) is 34.9 Å². The molecule has 1 N–H and O–H groups in total. The Morgan fingerprint density at radius 2 is 1.95 bits per heavy atom. The van der Waals surface area contributed by atoms with Crippen LogP contribution in [0.1, 0.15) is 23.2 Å². The summed E-state index contributed by atoms with van der Waals surface area (Å²) in [6.45, 7) is 0.653. The molecule has 0 spiro atoms. The van der Waals surface area contributed by atoms with Gasteiger partial charge in [0.1, 0.15) is 0 Å². The zero-order valence-corrected chi connectivity index (χ0v) is 12.6. The molecule has 112 valence electrons. The van der Waals surface area contributed by atoms with Crippen LogP contribution in [0.5, 0.6) is 0 Å². The average molecular weight is 315 g/mol. The molecule has 2 aromatic carbocycles. The molecule has 4 nitrogen and oxygen atoms in total. The number of amides is 2. The number of nitrogens with zero attached hydrogens (tertiary/aromatic N) is 1. The molecule has 1 heterocycles. The van der Waals surface area contributed by atoms with Gasteiger partial charge < -0.3 is 10.2 Å². The van der Waals surface area contributed by atoms with Crippen LogP contribution in [-0.2, 0) is 4.79 Å². The number of benzene rings is 2. The van der Waals surface area contributed by atoms with Gasteiger partial charge in [0.25, 0.3) is 5.91 Å². The minimum absolute atomic E-state index is 0.0583. The first-order chi connectivity index (χ1) is 10.6. The Labute approximate surface area is 133 Å². The van der Waals surface area contributed by atoms with Crippen molar-refractivity contribution in [2.75, 3.05) is 16.8 Å². The van der Waals surface area contributed by atoms with Gasteiger partial charge >= 0.3 is 0 Å². The summed E-state index contributed by atoms with van der Waals surface area (Å²) in [5.41, 5.74) is 1.77. The molecule has 5 heteroatoms. The maximum absolute atomic E-state index is 12.5. The van der Waals surface area contributed by atoms with Crippen LogP contribution in [0.3, 0.4) is 0 Å². The second-order valence-corrected chi connectivity index (χ2v) is 5.57. The third kappa shape index (κ3) is 2.97. The summed E-state index contributed by atoms with van der Waals surface area (Å²) in [4.78, 5) is 26.1. The van der Waals surface area contributed by atoms with Gasteiger partial charge in [-0.2, -0.15) is 0 Å². The van der Waals surface area contributed by atoms with E-state index in [1.807, 2.05) is 6.07 Å². The summed E-state index contributed by atoms with van der Waals surface area (Å²) in [5, 5.41) is 3.37. The lowest BCUT2D eigenvalue weighted by molar-refractivity contribution is -0.117. The smallest absolute Gasteiger partial charge is 0.257 e. The highest BCUT2D eigenvalue weighted by atomic mass is 35.5. The lowest BCUT2D eigenvalue weighted by Gasteiger charge is -2.19. The fraction of sp³-hybridized carbons (Fsp3) is 0.176. The number of carbonyl (C=O) groups excluding carboxylic acids is 2. The van der Waals surface area contributed by atoms with E-state index in [4.69, 9.17) is 11.6 Å². The molecule has 0 unspecified atom stereocenters. The number of rotatable bonds is 3. The molecule has 0 aromatic heterocycles. The normalized spacial score (nSPS) is 14.2. The Balaban J connectivity index is 1.88. The summed E-state index contributed by atoms with van der Waals surface area (Å²) < 4.78 is 0. The molecule has 2 amide bonds. The number of halogens is 1. The fourth-order valence-electron chi connectivity index (χ4n) is 2.57. The third-order valence-electron chi connectivity index (χ3n) is 3.60. The van der Waals surface area contributed by atoms with Crippen molar-refractivity contribution in [1.82, 2.24) is 0 Å². The summed E-state index contributed by atoms with van der Waals surface area (Å²) in [6.07, 6.45) is 1.35. The highest BCUT2D eigenvalue weighted by Gasteiger charge is 2.25. The van der Waals surface area contributed by atoms with E-state index in [0.717, 1.165) is 6.42 Å². The molecule has 1 aliphatic heterocycles. The molecular weight excluding hydrogens is 300 g/mol. The van der Waals surface area contributed by atoms with Crippen LogP contribution in [-0.4, -0.2) is 18.4 Å². The summed E-state index contributed by atoms with van der Waals surface area (Å²) >= 11 is 5.92. The number of anilines is 2. The van der Waals surface area contributed by atoms with Crippen molar-refractivity contribution in [1.29, 1.82) is 0 Å². The van der Waals surface area contributed by atoms with E-state index in [-0.39, 0.29) is 11.8 Å². The Morgan fingerprint density at radius 1 is 1.14 bits per heavy atom. The summed E-state index contributed by atoms with van der Waals surface area (Å²) in [6, 6.07) is 14.1. The van der Waals surface area contributed by atoms with E-state index in [2.05, 4.69) is 5.32 Å². The highest BCUT2D eigenvalue weighted by Crippen LogP contribution is 2.26. The molecule has 0 bridgehead atoms. The lowest BCUT2D eigenvalue weighted by atomic mass is 10.1. The largest absolute Gasteiger partial charge is 0.322 e. The van der Waals surface area contributed by atoms with Crippen molar-refractivity contribution in [3.63, 3.8) is 0 Å². The molecule has 1 fully saturated rings. The van der Waals surface area contributed by atoms with Crippen LogP contribution < -0.4 is 10.2 Å². The molecule has 0 atom stereocenters. The number of nitrogens with one attached hydrogen (secondary N) is 1. The van der Waals surface area contributed by atoms with Gasteiger partial charge in [-0.15, -0.1) is 0 Å². The number of hydrogen-bond donors (Lipinski definition) is 1. The van der Waals surface area contributed by atoms with Crippen molar-refractivity contribution in [3.8, 4) is 0 Å². The van der Waals surface area contributed by atoms with Crippen molar-refractivity contribution in [2.24, 2.45) is 0 Å². The maximum atomic E-state index is 12.5. The second kappa shape index (κ2) is 6.20. The highest BCUT2D eigenvalue weighted by molar-refractivity contribution is 6.31. The Morgan fingerprint density at radius 3 is 2.68 bits per heavy atom. The van der Waals surface area contributed by atoms with Gasteiger partial charge in [0.05, 0.1) is 11.3 Å². The Kier molecular flexibility index (Phi) is 4.11. The SMILES string of the molecule is O=C(Nc1cccc(Cl)c1)c1ccccc1N1CCCC1=O. The molecular formula is C17H15ClN2O2. The van der Waals surface area contributed by atoms with Gasteiger partial charge in [0, 0.05) is 23.7 Å². The molecule has 22 heavy (non-hydrogen) atoms.